The first-order valence-electron chi connectivity index (χ1n) is 6.72. The Labute approximate surface area is 124 Å². The molecule has 1 rings (SSSR count). The maximum Gasteiger partial charge on any atom is 0.326 e. The van der Waals surface area contributed by atoms with Gasteiger partial charge in [0.15, 0.2) is 0 Å². The number of carboxylic acids is 1. The molecule has 1 atom stereocenters. The lowest BCUT2D eigenvalue weighted by molar-refractivity contribution is -0.140. The van der Waals surface area contributed by atoms with Gasteiger partial charge in [-0.05, 0) is 23.6 Å². The van der Waals surface area contributed by atoms with Crippen LogP contribution in [0.5, 0.6) is 5.75 Å². The fraction of sp³-hybridized carbons (Fsp3) is 0.467. The number of benzene rings is 1. The number of urea groups is 1. The predicted molar refractivity (Wildman–Crippen MR) is 79.3 cm³/mol. The summed E-state index contributed by atoms with van der Waals surface area (Å²) in [6.45, 7) is 3.89. The van der Waals surface area contributed by atoms with E-state index in [0.29, 0.717) is 6.54 Å². The lowest BCUT2D eigenvalue weighted by atomic mass is 10.1. The van der Waals surface area contributed by atoms with Gasteiger partial charge < -0.3 is 20.1 Å². The first-order chi connectivity index (χ1) is 9.85. The van der Waals surface area contributed by atoms with Crippen molar-refractivity contribution in [3.05, 3.63) is 29.8 Å². The van der Waals surface area contributed by atoms with Gasteiger partial charge in [-0.15, -0.1) is 0 Å². The van der Waals surface area contributed by atoms with Gasteiger partial charge in [-0.2, -0.15) is 0 Å². The number of carbonyl (C=O) groups excluding carboxylic acids is 1. The second-order valence-electron chi connectivity index (χ2n) is 5.21. The van der Waals surface area contributed by atoms with Crippen LogP contribution in [0.2, 0.25) is 0 Å². The highest BCUT2D eigenvalue weighted by atomic mass is 16.5. The molecule has 0 aromatic heterocycles. The number of hydrogen-bond acceptors (Lipinski definition) is 3. The number of nitrogens with zero attached hydrogens (tertiary/aromatic N) is 1. The van der Waals surface area contributed by atoms with Gasteiger partial charge in [-0.25, -0.2) is 9.59 Å². The van der Waals surface area contributed by atoms with E-state index >= 15 is 0 Å². The van der Waals surface area contributed by atoms with Crippen molar-refractivity contribution in [2.45, 2.75) is 26.4 Å². The molecule has 2 N–H and O–H groups in total. The van der Waals surface area contributed by atoms with Gasteiger partial charge in [0.2, 0.25) is 0 Å². The molecule has 0 aliphatic rings. The summed E-state index contributed by atoms with van der Waals surface area (Å²) in [4.78, 5) is 24.5. The maximum atomic E-state index is 12.0. The van der Waals surface area contributed by atoms with E-state index < -0.39 is 18.0 Å². The fourth-order valence-corrected chi connectivity index (χ4v) is 1.83. The quantitative estimate of drug-likeness (QED) is 0.840. The van der Waals surface area contributed by atoms with Gasteiger partial charge in [-0.3, -0.25) is 0 Å². The number of carboxylic acid groups (broad SMARTS) is 1. The Balaban J connectivity index is 2.63. The normalized spacial score (nSPS) is 11.9. The maximum absolute atomic E-state index is 12.0. The van der Waals surface area contributed by atoms with Crippen LogP contribution >= 0.6 is 0 Å². The highest BCUT2D eigenvalue weighted by molar-refractivity contribution is 5.82. The predicted octanol–water partition coefficient (Wildman–Crippen LogP) is 1.95. The second kappa shape index (κ2) is 7.52. The van der Waals surface area contributed by atoms with Crippen LogP contribution in [0.1, 0.15) is 19.4 Å². The zero-order valence-electron chi connectivity index (χ0n) is 12.8. The molecular formula is C15H22N2O4. The molecule has 0 saturated carbocycles. The smallest absolute Gasteiger partial charge is 0.326 e. The van der Waals surface area contributed by atoms with Gasteiger partial charge in [0.25, 0.3) is 0 Å². The molecule has 0 unspecified atom stereocenters. The van der Waals surface area contributed by atoms with Gasteiger partial charge in [0.1, 0.15) is 11.8 Å². The molecule has 21 heavy (non-hydrogen) atoms. The molecular weight excluding hydrogens is 272 g/mol. The molecule has 1 aromatic carbocycles. The Hall–Kier alpha value is -2.24. The van der Waals surface area contributed by atoms with Crippen LogP contribution in [0.3, 0.4) is 0 Å². The summed E-state index contributed by atoms with van der Waals surface area (Å²) < 4.78 is 5.07. The minimum atomic E-state index is -1.03. The van der Waals surface area contributed by atoms with E-state index in [4.69, 9.17) is 9.84 Å². The number of methoxy groups -OCH3 is 1. The molecule has 0 bridgehead atoms. The molecule has 6 nitrogen and oxygen atoms in total. The topological polar surface area (TPSA) is 78.9 Å². The van der Waals surface area contributed by atoms with Crippen molar-refractivity contribution in [3.63, 3.8) is 0 Å². The first kappa shape index (κ1) is 16.8. The van der Waals surface area contributed by atoms with Gasteiger partial charge in [0.05, 0.1) is 7.11 Å². The van der Waals surface area contributed by atoms with E-state index in [2.05, 4.69) is 5.32 Å². The van der Waals surface area contributed by atoms with Crippen LogP contribution < -0.4 is 10.1 Å². The van der Waals surface area contributed by atoms with E-state index in [0.717, 1.165) is 11.3 Å². The van der Waals surface area contributed by atoms with Gasteiger partial charge in [0, 0.05) is 13.6 Å². The Morgan fingerprint density at radius 3 is 2.29 bits per heavy atom. The molecule has 6 heteroatoms. The molecule has 0 aliphatic carbocycles. The third-order valence-corrected chi connectivity index (χ3v) is 3.14. The number of aliphatic carboxylic acids is 1. The molecule has 0 heterocycles. The monoisotopic (exact) mass is 294 g/mol. The number of amides is 2. The number of nitrogens with one attached hydrogen (secondary N) is 1. The molecule has 0 aliphatic heterocycles. The van der Waals surface area contributed by atoms with E-state index in [1.807, 2.05) is 24.3 Å². The summed E-state index contributed by atoms with van der Waals surface area (Å²) >= 11 is 0. The molecule has 0 radical (unpaired) electrons. The largest absolute Gasteiger partial charge is 0.497 e. The minimum Gasteiger partial charge on any atom is -0.497 e. The summed E-state index contributed by atoms with van der Waals surface area (Å²) in [7, 11) is 3.21. The molecule has 1 aromatic rings. The zero-order chi connectivity index (χ0) is 16.0. The molecule has 0 fully saturated rings. The van der Waals surface area contributed by atoms with Crippen LogP contribution in [0.4, 0.5) is 4.79 Å². The zero-order valence-corrected chi connectivity index (χ0v) is 12.8. The van der Waals surface area contributed by atoms with Crippen LogP contribution in [0, 0.1) is 5.92 Å². The number of carbonyl (C=O) groups is 2. The molecule has 2 amide bonds. The van der Waals surface area contributed by atoms with Gasteiger partial charge in [-0.1, -0.05) is 26.0 Å². The Morgan fingerprint density at radius 2 is 1.86 bits per heavy atom. The van der Waals surface area contributed by atoms with E-state index in [-0.39, 0.29) is 5.92 Å². The third-order valence-electron chi connectivity index (χ3n) is 3.14. The van der Waals surface area contributed by atoms with Crippen molar-refractivity contribution >= 4 is 12.0 Å². The standard InChI is InChI=1S/C15H22N2O4/c1-10(2)13(14(18)19)16-15(20)17(3)9-11-5-7-12(21-4)8-6-11/h5-8,10,13H,9H2,1-4H3,(H,16,20)(H,18,19)/t13-/m1/s1. The van der Waals surface area contributed by atoms with E-state index in [1.165, 1.54) is 4.90 Å². The van der Waals surface area contributed by atoms with Crippen LogP contribution in [-0.2, 0) is 11.3 Å². The van der Waals surface area contributed by atoms with Crippen molar-refractivity contribution < 1.29 is 19.4 Å². The summed E-state index contributed by atoms with van der Waals surface area (Å²) in [5.74, 6) is -0.464. The lowest BCUT2D eigenvalue weighted by Gasteiger charge is -2.23. The summed E-state index contributed by atoms with van der Waals surface area (Å²) in [6.07, 6.45) is 0. The molecule has 0 saturated heterocycles. The van der Waals surface area contributed by atoms with Crippen molar-refractivity contribution in [1.29, 1.82) is 0 Å². The van der Waals surface area contributed by atoms with Crippen molar-refractivity contribution in [3.8, 4) is 5.75 Å². The van der Waals surface area contributed by atoms with Crippen LogP contribution in [0.25, 0.3) is 0 Å². The van der Waals surface area contributed by atoms with Gasteiger partial charge >= 0.3 is 12.0 Å². The minimum absolute atomic E-state index is 0.180. The van der Waals surface area contributed by atoms with Crippen molar-refractivity contribution in [2.24, 2.45) is 5.92 Å². The average molecular weight is 294 g/mol. The Morgan fingerprint density at radius 1 is 1.29 bits per heavy atom. The highest BCUT2D eigenvalue weighted by Gasteiger charge is 2.24. The number of ether oxygens (including phenoxy) is 1. The van der Waals surface area contributed by atoms with E-state index in [1.54, 1.807) is 28.0 Å². The number of hydrogen-bond donors (Lipinski definition) is 2. The van der Waals surface area contributed by atoms with Crippen LogP contribution in [-0.4, -0.2) is 42.2 Å². The van der Waals surface area contributed by atoms with Crippen molar-refractivity contribution in [1.82, 2.24) is 10.2 Å². The van der Waals surface area contributed by atoms with Crippen LogP contribution in [0.15, 0.2) is 24.3 Å². The van der Waals surface area contributed by atoms with Crippen molar-refractivity contribution in [2.75, 3.05) is 14.2 Å². The SMILES string of the molecule is COc1ccc(CN(C)C(=O)N[C@@H](C(=O)O)C(C)C)cc1. The van der Waals surface area contributed by atoms with E-state index in [9.17, 15) is 9.59 Å². The summed E-state index contributed by atoms with van der Waals surface area (Å²) in [5.41, 5.74) is 0.935. The molecule has 0 spiro atoms. The summed E-state index contributed by atoms with van der Waals surface area (Å²) in [5, 5.41) is 11.6. The highest BCUT2D eigenvalue weighted by Crippen LogP contribution is 2.12. The number of rotatable bonds is 6. The summed E-state index contributed by atoms with van der Waals surface area (Å²) in [6, 6.07) is 6.05. The fourth-order valence-electron chi connectivity index (χ4n) is 1.83. The third kappa shape index (κ3) is 4.98. The Bertz CT molecular complexity index is 485. The second-order valence-corrected chi connectivity index (χ2v) is 5.21. The Kier molecular flexibility index (Phi) is 6.02. The molecule has 116 valence electrons. The lowest BCUT2D eigenvalue weighted by Crippen LogP contribution is -2.48. The first-order valence-corrected chi connectivity index (χ1v) is 6.72. The average Bonchev–Trinajstić information content (AvgIpc) is 2.44.